The molecule has 0 aliphatic rings. The summed E-state index contributed by atoms with van der Waals surface area (Å²) >= 11 is 9.14. The van der Waals surface area contributed by atoms with Crippen molar-refractivity contribution < 1.29 is 14.3 Å². The summed E-state index contributed by atoms with van der Waals surface area (Å²) < 4.78 is 5.46. The number of ether oxygens (including phenoxy) is 1. The van der Waals surface area contributed by atoms with E-state index in [0.29, 0.717) is 10.6 Å². The maximum absolute atomic E-state index is 11.7. The maximum Gasteiger partial charge on any atom is 0.302 e. The molecule has 4 nitrogen and oxygen atoms in total. The third-order valence-corrected chi connectivity index (χ3v) is 2.69. The summed E-state index contributed by atoms with van der Waals surface area (Å²) in [5.74, 6) is -0.678. The van der Waals surface area contributed by atoms with Crippen LogP contribution in [0.15, 0.2) is 22.7 Å². The van der Waals surface area contributed by atoms with Gasteiger partial charge in [-0.2, -0.15) is 0 Å². The van der Waals surface area contributed by atoms with E-state index in [1.807, 2.05) is 0 Å². The molecular formula is C11H11BrClNO3. The van der Waals surface area contributed by atoms with Crippen molar-refractivity contribution in [2.45, 2.75) is 6.92 Å². The fourth-order valence-corrected chi connectivity index (χ4v) is 1.69. The molecule has 1 N–H and O–H groups in total. The fourth-order valence-electron chi connectivity index (χ4n) is 1.13. The van der Waals surface area contributed by atoms with Gasteiger partial charge in [-0.05, 0) is 18.2 Å². The van der Waals surface area contributed by atoms with Crippen molar-refractivity contribution >= 4 is 39.4 Å². The molecule has 0 aliphatic carbocycles. The zero-order valence-electron chi connectivity index (χ0n) is 9.13. The predicted octanol–water partition coefficient (Wildman–Crippen LogP) is 2.40. The van der Waals surface area contributed by atoms with Crippen LogP contribution in [0.1, 0.15) is 17.3 Å². The molecule has 0 fully saturated rings. The second-order valence-electron chi connectivity index (χ2n) is 3.22. The number of benzene rings is 1. The zero-order chi connectivity index (χ0) is 12.8. The molecular weight excluding hydrogens is 309 g/mol. The summed E-state index contributed by atoms with van der Waals surface area (Å²) in [7, 11) is 0. The first-order chi connectivity index (χ1) is 8.00. The Morgan fingerprint density at radius 1 is 1.47 bits per heavy atom. The van der Waals surface area contributed by atoms with Gasteiger partial charge in [0.05, 0.1) is 17.1 Å². The Morgan fingerprint density at radius 3 is 2.82 bits per heavy atom. The molecule has 1 aromatic carbocycles. The first-order valence-corrected chi connectivity index (χ1v) is 6.04. The number of amides is 1. The lowest BCUT2D eigenvalue weighted by Gasteiger charge is -2.07. The number of nitrogens with one attached hydrogen (secondary N) is 1. The number of esters is 1. The van der Waals surface area contributed by atoms with Crippen LogP contribution in [-0.2, 0) is 9.53 Å². The molecule has 6 heteroatoms. The van der Waals surface area contributed by atoms with Crippen molar-refractivity contribution in [1.82, 2.24) is 5.32 Å². The largest absolute Gasteiger partial charge is 0.464 e. The normalized spacial score (nSPS) is 9.82. The molecule has 0 heterocycles. The highest BCUT2D eigenvalue weighted by Gasteiger charge is 2.10. The van der Waals surface area contributed by atoms with Gasteiger partial charge in [0.25, 0.3) is 5.91 Å². The van der Waals surface area contributed by atoms with Crippen LogP contribution in [0, 0.1) is 0 Å². The van der Waals surface area contributed by atoms with Gasteiger partial charge in [0.1, 0.15) is 6.61 Å². The number of carbonyl (C=O) groups excluding carboxylic acids is 2. The Balaban J connectivity index is 2.52. The van der Waals surface area contributed by atoms with Gasteiger partial charge in [-0.25, -0.2) is 0 Å². The Morgan fingerprint density at radius 2 is 2.18 bits per heavy atom. The molecule has 0 saturated heterocycles. The van der Waals surface area contributed by atoms with Crippen molar-refractivity contribution in [1.29, 1.82) is 0 Å². The van der Waals surface area contributed by atoms with Crippen LogP contribution in [0.2, 0.25) is 5.02 Å². The highest BCUT2D eigenvalue weighted by Crippen LogP contribution is 2.20. The topological polar surface area (TPSA) is 55.4 Å². The predicted molar refractivity (Wildman–Crippen MR) is 68.1 cm³/mol. The van der Waals surface area contributed by atoms with Crippen LogP contribution in [0.3, 0.4) is 0 Å². The number of halogens is 2. The smallest absolute Gasteiger partial charge is 0.302 e. The fraction of sp³-hybridized carbons (Fsp3) is 0.273. The van der Waals surface area contributed by atoms with Gasteiger partial charge in [0.2, 0.25) is 0 Å². The van der Waals surface area contributed by atoms with E-state index in [0.717, 1.165) is 4.47 Å². The van der Waals surface area contributed by atoms with Gasteiger partial charge >= 0.3 is 5.97 Å². The van der Waals surface area contributed by atoms with Gasteiger partial charge in [0, 0.05) is 11.4 Å². The molecule has 1 rings (SSSR count). The maximum atomic E-state index is 11.7. The van der Waals surface area contributed by atoms with Crippen LogP contribution in [0.4, 0.5) is 0 Å². The lowest BCUT2D eigenvalue weighted by atomic mass is 10.2. The van der Waals surface area contributed by atoms with Crippen molar-refractivity contribution in [3.63, 3.8) is 0 Å². The van der Waals surface area contributed by atoms with Gasteiger partial charge < -0.3 is 10.1 Å². The molecule has 0 radical (unpaired) electrons. The summed E-state index contributed by atoms with van der Waals surface area (Å²) in [6.45, 7) is 1.71. The van der Waals surface area contributed by atoms with E-state index in [1.165, 1.54) is 6.92 Å². The van der Waals surface area contributed by atoms with E-state index in [1.54, 1.807) is 18.2 Å². The molecule has 0 aliphatic heterocycles. The molecule has 1 aromatic rings. The quantitative estimate of drug-likeness (QED) is 0.684. The average Bonchev–Trinajstić information content (AvgIpc) is 2.27. The van der Waals surface area contributed by atoms with Crippen molar-refractivity contribution in [3.8, 4) is 0 Å². The molecule has 17 heavy (non-hydrogen) atoms. The van der Waals surface area contributed by atoms with Crippen LogP contribution in [0.5, 0.6) is 0 Å². The summed E-state index contributed by atoms with van der Waals surface area (Å²) in [4.78, 5) is 22.2. The second-order valence-corrected chi connectivity index (χ2v) is 4.54. The van der Waals surface area contributed by atoms with E-state index in [4.69, 9.17) is 11.6 Å². The number of rotatable bonds is 4. The van der Waals surface area contributed by atoms with Crippen molar-refractivity contribution in [2.24, 2.45) is 0 Å². The minimum absolute atomic E-state index is 0.146. The number of hydrogen-bond donors (Lipinski definition) is 1. The standard InChI is InChI=1S/C11H11BrClNO3/c1-7(15)17-5-4-14-11(16)9-6-8(12)2-3-10(9)13/h2-3,6H,4-5H2,1H3,(H,14,16). The van der Waals surface area contributed by atoms with Gasteiger partial charge in [0.15, 0.2) is 0 Å². The van der Waals surface area contributed by atoms with Gasteiger partial charge in [-0.15, -0.1) is 0 Å². The molecule has 0 saturated carbocycles. The molecule has 0 unspecified atom stereocenters. The van der Waals surface area contributed by atoms with Gasteiger partial charge in [-0.3, -0.25) is 9.59 Å². The van der Waals surface area contributed by atoms with Crippen molar-refractivity contribution in [3.05, 3.63) is 33.3 Å². The zero-order valence-corrected chi connectivity index (χ0v) is 11.5. The first-order valence-electron chi connectivity index (χ1n) is 4.87. The molecule has 1 amide bonds. The minimum Gasteiger partial charge on any atom is -0.464 e. The van der Waals surface area contributed by atoms with E-state index in [-0.39, 0.29) is 25.0 Å². The lowest BCUT2D eigenvalue weighted by Crippen LogP contribution is -2.28. The molecule has 0 aromatic heterocycles. The first kappa shape index (κ1) is 14.0. The summed E-state index contributed by atoms with van der Waals surface area (Å²) in [6.07, 6.45) is 0. The SMILES string of the molecule is CC(=O)OCCNC(=O)c1cc(Br)ccc1Cl. The third kappa shape index (κ3) is 4.75. The van der Waals surface area contributed by atoms with E-state index < -0.39 is 0 Å². The molecule has 0 bridgehead atoms. The van der Waals surface area contributed by atoms with Crippen LogP contribution < -0.4 is 5.32 Å². The highest BCUT2D eigenvalue weighted by atomic mass is 79.9. The van der Waals surface area contributed by atoms with Crippen molar-refractivity contribution in [2.75, 3.05) is 13.2 Å². The van der Waals surface area contributed by atoms with Crippen LogP contribution >= 0.6 is 27.5 Å². The Hall–Kier alpha value is -1.07. The Bertz CT molecular complexity index is 437. The van der Waals surface area contributed by atoms with Crippen LogP contribution in [-0.4, -0.2) is 25.0 Å². The highest BCUT2D eigenvalue weighted by molar-refractivity contribution is 9.10. The van der Waals surface area contributed by atoms with Gasteiger partial charge in [-0.1, -0.05) is 27.5 Å². The average molecular weight is 321 g/mol. The minimum atomic E-state index is -0.375. The molecule has 0 atom stereocenters. The summed E-state index contributed by atoms with van der Waals surface area (Å²) in [5, 5.41) is 2.97. The Labute approximate surface area is 112 Å². The summed E-state index contributed by atoms with van der Waals surface area (Å²) in [6, 6.07) is 5.01. The number of carbonyl (C=O) groups is 2. The third-order valence-electron chi connectivity index (χ3n) is 1.87. The molecule has 0 spiro atoms. The lowest BCUT2D eigenvalue weighted by molar-refractivity contribution is -0.140. The van der Waals surface area contributed by atoms with E-state index >= 15 is 0 Å². The second kappa shape index (κ2) is 6.61. The monoisotopic (exact) mass is 319 g/mol. The molecule has 92 valence electrons. The van der Waals surface area contributed by atoms with E-state index in [9.17, 15) is 9.59 Å². The number of hydrogen-bond acceptors (Lipinski definition) is 3. The van der Waals surface area contributed by atoms with Crippen LogP contribution in [0.25, 0.3) is 0 Å². The van der Waals surface area contributed by atoms with E-state index in [2.05, 4.69) is 26.0 Å². The Kier molecular flexibility index (Phi) is 5.44. The summed E-state index contributed by atoms with van der Waals surface area (Å²) in [5.41, 5.74) is 0.379.